The fourth-order valence-electron chi connectivity index (χ4n) is 6.96. The van der Waals surface area contributed by atoms with Crippen LogP contribution in [0.15, 0.2) is 158 Å². The summed E-state index contributed by atoms with van der Waals surface area (Å²) in [4.78, 5) is 13.9. The first-order chi connectivity index (χ1) is 22.7. The predicted octanol–water partition coefficient (Wildman–Crippen LogP) is 10.9. The number of para-hydroxylation sites is 1. The summed E-state index contributed by atoms with van der Waals surface area (Å²) in [6.07, 6.45) is -0.395. The molecule has 9 rings (SSSR count). The first-order valence-corrected chi connectivity index (χ1v) is 15.5. The van der Waals surface area contributed by atoms with Crippen LogP contribution in [0.5, 0.6) is 0 Å². The molecular weight excluding hydrogens is 564 g/mol. The van der Waals surface area contributed by atoms with Gasteiger partial charge in [-0.15, -0.1) is 0 Å². The fraction of sp³-hybridized carbons (Fsp3) is 0.0238. The van der Waals surface area contributed by atoms with Crippen molar-refractivity contribution in [1.82, 2.24) is 9.13 Å². The van der Waals surface area contributed by atoms with E-state index in [9.17, 15) is 4.79 Å². The third-order valence-corrected chi connectivity index (χ3v) is 9.05. The highest BCUT2D eigenvalue weighted by Crippen LogP contribution is 2.41. The molecule has 0 saturated carbocycles. The third-order valence-electron chi connectivity index (χ3n) is 9.05. The molecule has 4 heteroatoms. The van der Waals surface area contributed by atoms with Crippen molar-refractivity contribution in [3.8, 4) is 16.8 Å². The van der Waals surface area contributed by atoms with Gasteiger partial charge >= 0.3 is 6.09 Å². The molecule has 0 aliphatic carbocycles. The second-order valence-electron chi connectivity index (χ2n) is 11.7. The van der Waals surface area contributed by atoms with Crippen LogP contribution in [0.2, 0.25) is 0 Å². The van der Waals surface area contributed by atoms with Gasteiger partial charge in [0.05, 0.1) is 22.1 Å². The molecule has 46 heavy (non-hydrogen) atoms. The largest absolute Gasteiger partial charge is 0.444 e. The number of fused-ring (bicyclic) bond motifs is 8. The van der Waals surface area contributed by atoms with E-state index in [-0.39, 0.29) is 6.61 Å². The SMILES string of the molecule is O=C(OCc1ccccc1)n1c2ccccc2c2cc3c4c5ccccc5ccc4n(-c4cccc(-c5ccccc5)c4)c3cc21. The quantitative estimate of drug-likeness (QED) is 0.204. The molecule has 2 heterocycles. The van der Waals surface area contributed by atoms with Crippen LogP contribution in [0.4, 0.5) is 4.79 Å². The monoisotopic (exact) mass is 592 g/mol. The van der Waals surface area contributed by atoms with Crippen LogP contribution in [-0.2, 0) is 11.3 Å². The minimum atomic E-state index is -0.395. The van der Waals surface area contributed by atoms with Gasteiger partial charge in [-0.2, -0.15) is 0 Å². The second-order valence-corrected chi connectivity index (χ2v) is 11.7. The van der Waals surface area contributed by atoms with Crippen molar-refractivity contribution in [2.75, 3.05) is 0 Å². The van der Waals surface area contributed by atoms with Crippen molar-refractivity contribution in [1.29, 1.82) is 0 Å². The van der Waals surface area contributed by atoms with Crippen LogP contribution in [0.25, 0.3) is 71.2 Å². The summed E-state index contributed by atoms with van der Waals surface area (Å²) >= 11 is 0. The Kier molecular flexibility index (Phi) is 6.00. The second kappa shape index (κ2) is 10.5. The smallest absolute Gasteiger partial charge is 0.419 e. The zero-order chi connectivity index (χ0) is 30.6. The highest BCUT2D eigenvalue weighted by Gasteiger charge is 2.22. The van der Waals surface area contributed by atoms with Gasteiger partial charge < -0.3 is 9.30 Å². The first kappa shape index (κ1) is 26.3. The van der Waals surface area contributed by atoms with Gasteiger partial charge in [-0.3, -0.25) is 0 Å². The number of carbonyl (C=O) groups excluding carboxylic acids is 1. The van der Waals surface area contributed by atoms with Gasteiger partial charge in [-0.25, -0.2) is 9.36 Å². The van der Waals surface area contributed by atoms with Crippen LogP contribution < -0.4 is 0 Å². The van der Waals surface area contributed by atoms with E-state index in [1.165, 1.54) is 21.7 Å². The Morgan fingerprint density at radius 1 is 0.500 bits per heavy atom. The Labute approximate surface area is 265 Å². The average Bonchev–Trinajstić information content (AvgIpc) is 3.63. The van der Waals surface area contributed by atoms with Crippen molar-refractivity contribution in [2.24, 2.45) is 0 Å². The molecule has 0 unspecified atom stereocenters. The summed E-state index contributed by atoms with van der Waals surface area (Å²) in [5.41, 5.74) is 8.12. The lowest BCUT2D eigenvalue weighted by atomic mass is 10.0. The minimum absolute atomic E-state index is 0.203. The zero-order valence-electron chi connectivity index (χ0n) is 24.9. The molecule has 0 amide bonds. The summed E-state index contributed by atoms with van der Waals surface area (Å²) in [5.74, 6) is 0. The Balaban J connectivity index is 1.34. The molecule has 0 aliphatic rings. The molecule has 0 bridgehead atoms. The molecule has 0 radical (unpaired) electrons. The zero-order valence-corrected chi connectivity index (χ0v) is 24.9. The topological polar surface area (TPSA) is 36.2 Å². The lowest BCUT2D eigenvalue weighted by Crippen LogP contribution is -2.13. The van der Waals surface area contributed by atoms with Crippen molar-refractivity contribution >= 4 is 60.5 Å². The van der Waals surface area contributed by atoms with Gasteiger partial charge in [0.1, 0.15) is 6.61 Å². The lowest BCUT2D eigenvalue weighted by Gasteiger charge is -2.11. The van der Waals surface area contributed by atoms with E-state index >= 15 is 0 Å². The van der Waals surface area contributed by atoms with E-state index in [0.29, 0.717) is 0 Å². The summed E-state index contributed by atoms with van der Waals surface area (Å²) in [6.45, 7) is 0.203. The van der Waals surface area contributed by atoms with Gasteiger partial charge in [0.25, 0.3) is 0 Å². The Morgan fingerprint density at radius 2 is 1.22 bits per heavy atom. The lowest BCUT2D eigenvalue weighted by molar-refractivity contribution is 0.143. The Morgan fingerprint density at radius 3 is 2.07 bits per heavy atom. The van der Waals surface area contributed by atoms with E-state index in [1.807, 2.05) is 54.6 Å². The minimum Gasteiger partial charge on any atom is -0.444 e. The number of carbonyl (C=O) groups is 1. The first-order valence-electron chi connectivity index (χ1n) is 15.5. The van der Waals surface area contributed by atoms with Crippen LogP contribution >= 0.6 is 0 Å². The molecule has 218 valence electrons. The molecule has 0 fully saturated rings. The maximum absolute atomic E-state index is 13.9. The van der Waals surface area contributed by atoms with Crippen LogP contribution in [0.1, 0.15) is 5.56 Å². The Bertz CT molecular complexity index is 2600. The van der Waals surface area contributed by atoms with E-state index < -0.39 is 6.09 Å². The standard InChI is InChI=1S/C42H28N2O2/c45-42(46-27-28-12-3-1-4-13-28)44-37-21-10-9-20-34(37)35-25-36-40(26-39(35)44)43(38-23-22-30-16-7-8-19-33(30)41(36)38)32-18-11-17-31(24-32)29-14-5-2-6-15-29/h1-26H,27H2. The van der Waals surface area contributed by atoms with Gasteiger partial charge in [0.2, 0.25) is 0 Å². The molecule has 9 aromatic rings. The highest BCUT2D eigenvalue weighted by atomic mass is 16.5. The molecule has 0 N–H and O–H groups in total. The van der Waals surface area contributed by atoms with E-state index in [2.05, 4.69) is 108 Å². The summed E-state index contributed by atoms with van der Waals surface area (Å²) < 4.78 is 9.98. The molecule has 0 aliphatic heterocycles. The molecule has 2 aromatic heterocycles. The van der Waals surface area contributed by atoms with Gasteiger partial charge in [-0.1, -0.05) is 121 Å². The van der Waals surface area contributed by atoms with E-state index in [1.54, 1.807) is 4.57 Å². The summed E-state index contributed by atoms with van der Waals surface area (Å²) in [6, 6.07) is 54.4. The number of rotatable bonds is 4. The number of ether oxygens (including phenoxy) is 1. The molecule has 0 spiro atoms. The highest BCUT2D eigenvalue weighted by molar-refractivity contribution is 6.25. The maximum Gasteiger partial charge on any atom is 0.419 e. The molecule has 7 aromatic carbocycles. The van der Waals surface area contributed by atoms with Gasteiger partial charge in [0, 0.05) is 27.2 Å². The predicted molar refractivity (Wildman–Crippen MR) is 189 cm³/mol. The van der Waals surface area contributed by atoms with Crippen LogP contribution in [0.3, 0.4) is 0 Å². The summed E-state index contributed by atoms with van der Waals surface area (Å²) in [7, 11) is 0. The van der Waals surface area contributed by atoms with Crippen molar-refractivity contribution in [3.05, 3.63) is 163 Å². The van der Waals surface area contributed by atoms with Crippen LogP contribution in [0, 0.1) is 0 Å². The number of hydrogen-bond donors (Lipinski definition) is 0. The van der Waals surface area contributed by atoms with Crippen LogP contribution in [-0.4, -0.2) is 15.2 Å². The maximum atomic E-state index is 13.9. The third kappa shape index (κ3) is 4.11. The Hall–Kier alpha value is -6.13. The summed E-state index contributed by atoms with van der Waals surface area (Å²) in [5, 5.41) is 6.77. The molecule has 0 saturated heterocycles. The molecule has 0 atom stereocenters. The van der Waals surface area contributed by atoms with Crippen molar-refractivity contribution < 1.29 is 9.53 Å². The van der Waals surface area contributed by atoms with Gasteiger partial charge in [0.15, 0.2) is 0 Å². The number of aromatic nitrogens is 2. The molecular formula is C42H28N2O2. The fourth-order valence-corrected chi connectivity index (χ4v) is 6.96. The normalized spacial score (nSPS) is 11.7. The number of benzene rings is 7. The van der Waals surface area contributed by atoms with E-state index in [4.69, 9.17) is 4.74 Å². The molecule has 4 nitrogen and oxygen atoms in total. The van der Waals surface area contributed by atoms with Gasteiger partial charge in [-0.05, 0) is 63.9 Å². The van der Waals surface area contributed by atoms with Crippen molar-refractivity contribution in [3.63, 3.8) is 0 Å². The van der Waals surface area contributed by atoms with E-state index in [0.717, 1.165) is 55.0 Å². The van der Waals surface area contributed by atoms with Crippen molar-refractivity contribution in [2.45, 2.75) is 6.61 Å². The number of hydrogen-bond acceptors (Lipinski definition) is 2. The average molecular weight is 593 g/mol. The number of nitrogens with zero attached hydrogens (tertiary/aromatic N) is 2.